The van der Waals surface area contributed by atoms with Gasteiger partial charge in [-0.2, -0.15) is 0 Å². The fourth-order valence-corrected chi connectivity index (χ4v) is 15.9. The number of rotatable bonds is 90. The minimum Gasteiger partial charge on any atom is -0.462 e. The zero-order valence-corrected chi connectivity index (χ0v) is 74.4. The molecule has 0 amide bonds. The van der Waals surface area contributed by atoms with Crippen LogP contribution in [0.25, 0.3) is 0 Å². The molecule has 0 aromatic heterocycles. The van der Waals surface area contributed by atoms with E-state index in [1.165, 1.54) is 308 Å². The SMILES string of the molecule is CCCCCCCCCCCCCCCCCCCCCCCCC(=O)OC[C@H](COP(=O)(O)OC[C@@H](O)COP(=O)(O)OC[C@@H](COC(=O)CCCCCCCCCCCC(C)C)OC(=O)CCCCCCCCCCCCCCCC)OC(=O)CCCCCCCCCCCCCCCCCCCCC(C)CC. The summed E-state index contributed by atoms with van der Waals surface area (Å²) in [6.07, 6.45) is 76.5. The number of carbonyl (C=O) groups is 4. The van der Waals surface area contributed by atoms with E-state index in [2.05, 4.69) is 41.5 Å². The summed E-state index contributed by atoms with van der Waals surface area (Å²) < 4.78 is 69.0. The molecule has 17 nitrogen and oxygen atoms in total. The molecule has 0 aromatic rings. The number of unbranched alkanes of at least 4 members (excludes halogenated alkanes) is 59. The third-order valence-corrected chi connectivity index (χ3v) is 23.7. The maximum atomic E-state index is 13.2. The highest BCUT2D eigenvalue weighted by Crippen LogP contribution is 2.45. The molecule has 0 spiro atoms. The molecule has 0 rings (SSSR count). The van der Waals surface area contributed by atoms with E-state index < -0.39 is 97.5 Å². The van der Waals surface area contributed by atoms with Gasteiger partial charge in [0.15, 0.2) is 12.2 Å². The molecule has 0 radical (unpaired) electrons. The van der Waals surface area contributed by atoms with Gasteiger partial charge in [-0.1, -0.05) is 440 Å². The lowest BCUT2D eigenvalue weighted by molar-refractivity contribution is -0.161. The van der Waals surface area contributed by atoms with Gasteiger partial charge in [0.25, 0.3) is 0 Å². The maximum Gasteiger partial charge on any atom is 0.472 e. The molecule has 0 aliphatic rings. The van der Waals surface area contributed by atoms with Gasteiger partial charge in [-0.25, -0.2) is 9.13 Å². The van der Waals surface area contributed by atoms with E-state index in [0.29, 0.717) is 25.7 Å². The first-order valence-corrected chi connectivity index (χ1v) is 50.0. The number of hydrogen-bond donors (Lipinski definition) is 3. The van der Waals surface area contributed by atoms with E-state index >= 15 is 0 Å². The maximum absolute atomic E-state index is 13.2. The monoisotopic (exact) mass is 1610 g/mol. The molecule has 19 heteroatoms. The highest BCUT2D eigenvalue weighted by atomic mass is 31.2. The summed E-state index contributed by atoms with van der Waals surface area (Å²) in [5.74, 6) is -0.482. The summed E-state index contributed by atoms with van der Waals surface area (Å²) in [4.78, 5) is 73.4. The van der Waals surface area contributed by atoms with Crippen LogP contribution in [-0.2, 0) is 65.4 Å². The second-order valence-electron chi connectivity index (χ2n) is 33.4. The number of ether oxygens (including phenoxy) is 4. The van der Waals surface area contributed by atoms with Gasteiger partial charge >= 0.3 is 39.5 Å². The Bertz CT molecular complexity index is 2100. The molecule has 3 N–H and O–H groups in total. The molecule has 0 aromatic carbocycles. The van der Waals surface area contributed by atoms with Crippen molar-refractivity contribution in [2.45, 2.75) is 509 Å². The topological polar surface area (TPSA) is 237 Å². The van der Waals surface area contributed by atoms with E-state index in [1.807, 2.05) is 0 Å². The third-order valence-electron chi connectivity index (χ3n) is 21.8. The van der Waals surface area contributed by atoms with Crippen LogP contribution in [0.3, 0.4) is 0 Å². The predicted octanol–water partition coefficient (Wildman–Crippen LogP) is 28.2. The van der Waals surface area contributed by atoms with Crippen molar-refractivity contribution >= 4 is 39.5 Å². The minimum absolute atomic E-state index is 0.108. The molecule has 0 aliphatic carbocycles. The second-order valence-corrected chi connectivity index (χ2v) is 36.3. The number of phosphoric ester groups is 2. The van der Waals surface area contributed by atoms with Gasteiger partial charge in [-0.3, -0.25) is 37.3 Å². The first-order valence-electron chi connectivity index (χ1n) is 47.0. The van der Waals surface area contributed by atoms with Gasteiger partial charge in [-0.05, 0) is 37.5 Å². The number of carbonyl (C=O) groups excluding carboxylic acids is 4. The van der Waals surface area contributed by atoms with Crippen molar-refractivity contribution in [3.8, 4) is 0 Å². The van der Waals surface area contributed by atoms with E-state index in [9.17, 15) is 43.2 Å². The van der Waals surface area contributed by atoms with E-state index in [-0.39, 0.29) is 25.7 Å². The summed E-state index contributed by atoms with van der Waals surface area (Å²) in [7, 11) is -9.93. The Labute approximate surface area is 677 Å². The van der Waals surface area contributed by atoms with Crippen molar-refractivity contribution in [2.24, 2.45) is 11.8 Å². The Hall–Kier alpha value is -1.94. The average molecular weight is 1610 g/mol. The minimum atomic E-state index is -4.97. The van der Waals surface area contributed by atoms with Crippen molar-refractivity contribution in [3.63, 3.8) is 0 Å². The summed E-state index contributed by atoms with van der Waals surface area (Å²) in [5, 5.41) is 10.7. The number of phosphoric acid groups is 2. The van der Waals surface area contributed by atoms with Crippen molar-refractivity contribution in [1.82, 2.24) is 0 Å². The van der Waals surface area contributed by atoms with E-state index in [4.69, 9.17) is 37.0 Å². The summed E-state index contributed by atoms with van der Waals surface area (Å²) in [6.45, 7) is 9.75. The highest BCUT2D eigenvalue weighted by Gasteiger charge is 2.31. The van der Waals surface area contributed by atoms with Gasteiger partial charge in [0.1, 0.15) is 19.3 Å². The summed E-state index contributed by atoms with van der Waals surface area (Å²) in [5.41, 5.74) is 0. The Kier molecular flexibility index (Phi) is 80.7. The summed E-state index contributed by atoms with van der Waals surface area (Å²) >= 11 is 0. The van der Waals surface area contributed by atoms with Gasteiger partial charge in [0, 0.05) is 25.7 Å². The molecule has 0 heterocycles. The van der Waals surface area contributed by atoms with Gasteiger partial charge in [-0.15, -0.1) is 0 Å². The van der Waals surface area contributed by atoms with Gasteiger partial charge < -0.3 is 33.8 Å². The fraction of sp³-hybridized carbons (Fsp3) is 0.956. The predicted molar refractivity (Wildman–Crippen MR) is 455 cm³/mol. The normalized spacial score (nSPS) is 14.0. The quantitative estimate of drug-likeness (QED) is 0.0222. The van der Waals surface area contributed by atoms with Crippen LogP contribution in [-0.4, -0.2) is 96.7 Å². The van der Waals surface area contributed by atoms with Crippen molar-refractivity contribution in [2.75, 3.05) is 39.6 Å². The molecule has 654 valence electrons. The molecular formula is C91H178O17P2. The van der Waals surface area contributed by atoms with Crippen LogP contribution in [0.1, 0.15) is 491 Å². The van der Waals surface area contributed by atoms with Crippen LogP contribution in [0.15, 0.2) is 0 Å². The van der Waals surface area contributed by atoms with E-state index in [0.717, 1.165) is 102 Å². The van der Waals surface area contributed by atoms with Crippen LogP contribution in [0.5, 0.6) is 0 Å². The Morgan fingerprint density at radius 1 is 0.264 bits per heavy atom. The Balaban J connectivity index is 5.22. The van der Waals surface area contributed by atoms with Crippen molar-refractivity contribution in [3.05, 3.63) is 0 Å². The zero-order chi connectivity index (χ0) is 80.6. The number of hydrogen-bond acceptors (Lipinski definition) is 15. The van der Waals surface area contributed by atoms with Crippen molar-refractivity contribution in [1.29, 1.82) is 0 Å². The second kappa shape index (κ2) is 82.2. The van der Waals surface area contributed by atoms with Crippen LogP contribution < -0.4 is 0 Å². The lowest BCUT2D eigenvalue weighted by Gasteiger charge is -2.21. The van der Waals surface area contributed by atoms with Gasteiger partial charge in [0.2, 0.25) is 0 Å². The van der Waals surface area contributed by atoms with Gasteiger partial charge in [0.05, 0.1) is 26.4 Å². The van der Waals surface area contributed by atoms with Crippen LogP contribution in [0, 0.1) is 11.8 Å². The lowest BCUT2D eigenvalue weighted by atomic mass is 9.99. The molecule has 6 atom stereocenters. The standard InChI is InChI=1S/C91H178O17P2/c1-7-10-12-14-16-18-20-22-24-25-26-27-28-29-33-36-40-43-49-55-61-67-73-88(93)101-79-86(107-91(96)76-70-64-58-51-45-41-37-34-31-30-32-35-38-42-48-54-60-66-72-84(6)9-3)81-105-109(97,98)103-77-85(92)78-104-110(99,100)106-82-87(80-102-89(94)74-68-62-56-52-46-47-53-59-65-71-83(4)5)108-90(95)75-69-63-57-50-44-39-23-21-19-17-15-13-11-8-2/h83-87,92H,7-82H2,1-6H3,(H,97,98)(H,99,100)/t84?,85-,86-,87-/m1/s1. The van der Waals surface area contributed by atoms with Crippen LogP contribution in [0.4, 0.5) is 0 Å². The Morgan fingerprint density at radius 3 is 0.691 bits per heavy atom. The Morgan fingerprint density at radius 2 is 0.464 bits per heavy atom. The third kappa shape index (κ3) is 82.6. The molecule has 0 fully saturated rings. The largest absolute Gasteiger partial charge is 0.472 e. The van der Waals surface area contributed by atoms with E-state index in [1.54, 1.807) is 0 Å². The molecule has 0 aliphatic heterocycles. The van der Waals surface area contributed by atoms with Crippen LogP contribution in [0.2, 0.25) is 0 Å². The molecule has 0 saturated carbocycles. The molecular weight excluding hydrogens is 1430 g/mol. The van der Waals surface area contributed by atoms with Crippen molar-refractivity contribution < 1.29 is 80.2 Å². The molecule has 0 saturated heterocycles. The number of esters is 4. The number of aliphatic hydroxyl groups is 1. The average Bonchev–Trinajstić information content (AvgIpc) is 0.897. The first-order chi connectivity index (χ1) is 53.4. The first kappa shape index (κ1) is 108. The zero-order valence-electron chi connectivity index (χ0n) is 72.6. The number of aliphatic hydroxyl groups excluding tert-OH is 1. The highest BCUT2D eigenvalue weighted by molar-refractivity contribution is 7.47. The molecule has 110 heavy (non-hydrogen) atoms. The molecule has 0 bridgehead atoms. The lowest BCUT2D eigenvalue weighted by Crippen LogP contribution is -2.30. The smallest absolute Gasteiger partial charge is 0.462 e. The fourth-order valence-electron chi connectivity index (χ4n) is 14.3. The summed E-state index contributed by atoms with van der Waals surface area (Å²) in [6, 6.07) is 0. The molecule has 3 unspecified atom stereocenters. The van der Waals surface area contributed by atoms with Crippen LogP contribution >= 0.6 is 15.6 Å².